The number of hydrogen-bond acceptors (Lipinski definition) is 5. The summed E-state index contributed by atoms with van der Waals surface area (Å²) >= 11 is 1.72. The van der Waals surface area contributed by atoms with Gasteiger partial charge in [0.25, 0.3) is 0 Å². The van der Waals surface area contributed by atoms with Crippen molar-refractivity contribution in [2.75, 3.05) is 13.1 Å². The third-order valence-electron chi connectivity index (χ3n) is 4.43. The fraction of sp³-hybridized carbons (Fsp3) is 0.588. The van der Waals surface area contributed by atoms with E-state index in [-0.39, 0.29) is 5.92 Å². The molecule has 2 aromatic rings. The molecule has 1 N–H and O–H groups in total. The maximum atomic E-state index is 11.4. The van der Waals surface area contributed by atoms with Crippen molar-refractivity contribution < 1.29 is 9.90 Å². The number of piperidine rings is 1. The minimum Gasteiger partial charge on any atom is -0.478 e. The summed E-state index contributed by atoms with van der Waals surface area (Å²) in [6.45, 7) is 7.02. The standard InChI is InChI=1S/C17H24N4O2S/c1-11(2)16-18-13(10-24-16)8-21-6-4-5-12(7-21)15-14(17(22)23)9-20(3)19-15/h9-12H,4-8H2,1-3H3,(H,22,23). The first-order valence-corrected chi connectivity index (χ1v) is 9.25. The van der Waals surface area contributed by atoms with Gasteiger partial charge in [0.1, 0.15) is 5.56 Å². The predicted molar refractivity (Wildman–Crippen MR) is 93.6 cm³/mol. The minimum absolute atomic E-state index is 0.175. The van der Waals surface area contributed by atoms with Gasteiger partial charge in [-0.1, -0.05) is 13.8 Å². The summed E-state index contributed by atoms with van der Waals surface area (Å²) in [4.78, 5) is 18.5. The molecule has 1 aliphatic heterocycles. The monoisotopic (exact) mass is 348 g/mol. The lowest BCUT2D eigenvalue weighted by Gasteiger charge is -2.31. The molecule has 130 valence electrons. The van der Waals surface area contributed by atoms with Crippen molar-refractivity contribution in [2.24, 2.45) is 7.05 Å². The molecule has 7 heteroatoms. The van der Waals surface area contributed by atoms with Crippen LogP contribution in [-0.2, 0) is 13.6 Å². The van der Waals surface area contributed by atoms with Gasteiger partial charge in [-0.25, -0.2) is 9.78 Å². The van der Waals surface area contributed by atoms with E-state index in [4.69, 9.17) is 4.98 Å². The summed E-state index contributed by atoms with van der Waals surface area (Å²) in [5.41, 5.74) is 2.17. The Labute approximate surface area is 146 Å². The van der Waals surface area contributed by atoms with Gasteiger partial charge < -0.3 is 5.11 Å². The smallest absolute Gasteiger partial charge is 0.339 e. The number of aromatic carboxylic acids is 1. The van der Waals surface area contributed by atoms with E-state index in [1.807, 2.05) is 0 Å². The van der Waals surface area contributed by atoms with Crippen LogP contribution in [0.15, 0.2) is 11.6 Å². The van der Waals surface area contributed by atoms with E-state index in [1.54, 1.807) is 29.3 Å². The zero-order chi connectivity index (χ0) is 17.3. The molecule has 0 saturated carbocycles. The Morgan fingerprint density at radius 2 is 2.29 bits per heavy atom. The van der Waals surface area contributed by atoms with E-state index in [9.17, 15) is 9.90 Å². The Bertz CT molecular complexity index is 722. The van der Waals surface area contributed by atoms with Crippen LogP contribution in [0.4, 0.5) is 0 Å². The number of aryl methyl sites for hydroxylation is 1. The normalized spacial score (nSPS) is 19.1. The van der Waals surface area contributed by atoms with Crippen molar-refractivity contribution in [1.82, 2.24) is 19.7 Å². The Hall–Kier alpha value is -1.73. The number of hydrogen-bond donors (Lipinski definition) is 1. The molecule has 6 nitrogen and oxygen atoms in total. The number of rotatable bonds is 5. The predicted octanol–water partition coefficient (Wildman–Crippen LogP) is 3.08. The maximum Gasteiger partial charge on any atom is 0.339 e. The van der Waals surface area contributed by atoms with Crippen LogP contribution in [0.25, 0.3) is 0 Å². The molecule has 1 aliphatic rings. The highest BCUT2D eigenvalue weighted by molar-refractivity contribution is 7.09. The van der Waals surface area contributed by atoms with Crippen molar-refractivity contribution in [1.29, 1.82) is 0 Å². The lowest BCUT2D eigenvalue weighted by atomic mass is 9.92. The van der Waals surface area contributed by atoms with Gasteiger partial charge in [-0.3, -0.25) is 9.58 Å². The molecule has 0 aromatic carbocycles. The van der Waals surface area contributed by atoms with Crippen LogP contribution < -0.4 is 0 Å². The highest BCUT2D eigenvalue weighted by Gasteiger charge is 2.28. The number of aromatic nitrogens is 3. The van der Waals surface area contributed by atoms with E-state index in [0.29, 0.717) is 11.5 Å². The summed E-state index contributed by atoms with van der Waals surface area (Å²) in [6, 6.07) is 0. The molecular weight excluding hydrogens is 324 g/mol. The zero-order valence-corrected chi connectivity index (χ0v) is 15.2. The SMILES string of the molecule is CC(C)c1nc(CN2CCCC(c3nn(C)cc3C(=O)O)C2)cs1. The summed E-state index contributed by atoms with van der Waals surface area (Å²) in [5.74, 6) is -0.255. The van der Waals surface area contributed by atoms with Gasteiger partial charge in [0.05, 0.1) is 16.4 Å². The Balaban J connectivity index is 1.71. The van der Waals surface area contributed by atoms with Crippen molar-refractivity contribution in [2.45, 2.75) is 45.1 Å². The molecule has 2 aromatic heterocycles. The van der Waals surface area contributed by atoms with Gasteiger partial charge in [0.15, 0.2) is 0 Å². The summed E-state index contributed by atoms with van der Waals surface area (Å²) in [6.07, 6.45) is 3.65. The second-order valence-corrected chi connectivity index (χ2v) is 7.70. The van der Waals surface area contributed by atoms with Gasteiger partial charge in [-0.15, -0.1) is 11.3 Å². The van der Waals surface area contributed by atoms with Crippen LogP contribution in [-0.4, -0.2) is 43.8 Å². The van der Waals surface area contributed by atoms with Crippen LogP contribution in [0.5, 0.6) is 0 Å². The molecule has 0 spiro atoms. The van der Waals surface area contributed by atoms with E-state index in [0.717, 1.165) is 43.9 Å². The molecule has 1 saturated heterocycles. The summed E-state index contributed by atoms with van der Waals surface area (Å²) in [7, 11) is 1.78. The van der Waals surface area contributed by atoms with Crippen molar-refractivity contribution in [3.8, 4) is 0 Å². The number of carboxylic acid groups (broad SMARTS) is 1. The molecular formula is C17H24N4O2S. The fourth-order valence-corrected chi connectivity index (χ4v) is 4.11. The van der Waals surface area contributed by atoms with Crippen molar-refractivity contribution >= 4 is 17.3 Å². The molecule has 1 atom stereocenters. The molecule has 24 heavy (non-hydrogen) atoms. The van der Waals surface area contributed by atoms with Crippen LogP contribution in [0.3, 0.4) is 0 Å². The van der Waals surface area contributed by atoms with E-state index < -0.39 is 5.97 Å². The third kappa shape index (κ3) is 3.67. The average molecular weight is 348 g/mol. The number of likely N-dealkylation sites (tertiary alicyclic amines) is 1. The fourth-order valence-electron chi connectivity index (χ4n) is 3.28. The Morgan fingerprint density at radius 3 is 2.96 bits per heavy atom. The first kappa shape index (κ1) is 17.1. The number of nitrogens with zero attached hydrogens (tertiary/aromatic N) is 4. The van der Waals surface area contributed by atoms with Crippen molar-refractivity contribution in [3.05, 3.63) is 33.5 Å². The van der Waals surface area contributed by atoms with Gasteiger partial charge in [0, 0.05) is 43.5 Å². The van der Waals surface area contributed by atoms with E-state index in [1.165, 1.54) is 5.01 Å². The van der Waals surface area contributed by atoms with Gasteiger partial charge in [0.2, 0.25) is 0 Å². The summed E-state index contributed by atoms with van der Waals surface area (Å²) < 4.78 is 1.60. The van der Waals surface area contributed by atoms with Crippen LogP contribution in [0.1, 0.15) is 65.3 Å². The van der Waals surface area contributed by atoms with Gasteiger partial charge in [-0.05, 0) is 19.4 Å². The van der Waals surface area contributed by atoms with E-state index >= 15 is 0 Å². The molecule has 1 fully saturated rings. The van der Waals surface area contributed by atoms with E-state index in [2.05, 4.69) is 29.2 Å². The zero-order valence-electron chi connectivity index (χ0n) is 14.4. The Morgan fingerprint density at radius 1 is 1.50 bits per heavy atom. The number of carbonyl (C=O) groups is 1. The molecule has 0 aliphatic carbocycles. The number of thiazole rings is 1. The lowest BCUT2D eigenvalue weighted by molar-refractivity contribution is 0.0694. The van der Waals surface area contributed by atoms with Gasteiger partial charge in [-0.2, -0.15) is 5.10 Å². The third-order valence-corrected chi connectivity index (χ3v) is 5.62. The minimum atomic E-state index is -0.892. The number of carboxylic acids is 1. The second kappa shape index (κ2) is 7.03. The van der Waals surface area contributed by atoms with Crippen LogP contribution in [0, 0.1) is 0 Å². The highest BCUT2D eigenvalue weighted by Crippen LogP contribution is 2.29. The highest BCUT2D eigenvalue weighted by atomic mass is 32.1. The molecule has 0 amide bonds. The molecule has 3 rings (SSSR count). The molecule has 0 bridgehead atoms. The molecule has 3 heterocycles. The molecule has 1 unspecified atom stereocenters. The van der Waals surface area contributed by atoms with Crippen LogP contribution in [0.2, 0.25) is 0 Å². The van der Waals surface area contributed by atoms with Crippen molar-refractivity contribution in [3.63, 3.8) is 0 Å². The topological polar surface area (TPSA) is 71.2 Å². The maximum absolute atomic E-state index is 11.4. The van der Waals surface area contributed by atoms with Crippen LogP contribution >= 0.6 is 11.3 Å². The first-order chi connectivity index (χ1) is 11.4. The first-order valence-electron chi connectivity index (χ1n) is 8.37. The van der Waals surface area contributed by atoms with Gasteiger partial charge >= 0.3 is 5.97 Å². The largest absolute Gasteiger partial charge is 0.478 e. The second-order valence-electron chi connectivity index (χ2n) is 6.81. The quantitative estimate of drug-likeness (QED) is 0.899. The lowest BCUT2D eigenvalue weighted by Crippen LogP contribution is -2.34. The summed E-state index contributed by atoms with van der Waals surface area (Å²) in [5, 5.41) is 17.1. The average Bonchev–Trinajstić information content (AvgIpc) is 3.14. The Kier molecular flexibility index (Phi) is 5.01. The molecule has 0 radical (unpaired) electrons.